The van der Waals surface area contributed by atoms with E-state index in [1.807, 2.05) is 6.92 Å². The summed E-state index contributed by atoms with van der Waals surface area (Å²) in [4.78, 5) is 3.98. The van der Waals surface area contributed by atoms with E-state index in [0.717, 1.165) is 5.56 Å². The van der Waals surface area contributed by atoms with Crippen LogP contribution in [0.25, 0.3) is 0 Å². The van der Waals surface area contributed by atoms with E-state index < -0.39 is 10.0 Å². The summed E-state index contributed by atoms with van der Waals surface area (Å²) in [6, 6.07) is 3.35. The molecule has 7 nitrogen and oxygen atoms in total. The number of halogens is 1. The van der Waals surface area contributed by atoms with Gasteiger partial charge in [-0.2, -0.15) is 8.42 Å². The van der Waals surface area contributed by atoms with Crippen LogP contribution in [0.15, 0.2) is 28.0 Å². The van der Waals surface area contributed by atoms with Crippen molar-refractivity contribution >= 4 is 31.8 Å². The third kappa shape index (κ3) is 2.51. The number of anilines is 1. The van der Waals surface area contributed by atoms with E-state index in [0.29, 0.717) is 0 Å². The molecule has 0 aliphatic rings. The molecule has 18 heavy (non-hydrogen) atoms. The molecular formula is C9H10BrN5O2S. The van der Waals surface area contributed by atoms with Gasteiger partial charge in [0.1, 0.15) is 5.82 Å². The van der Waals surface area contributed by atoms with E-state index in [1.165, 1.54) is 11.7 Å². The number of pyridine rings is 1. The van der Waals surface area contributed by atoms with Gasteiger partial charge in [0.15, 0.2) is 4.60 Å². The Morgan fingerprint density at radius 3 is 2.61 bits per heavy atom. The summed E-state index contributed by atoms with van der Waals surface area (Å²) in [7, 11) is -2.27. The van der Waals surface area contributed by atoms with Gasteiger partial charge in [-0.15, -0.1) is 5.10 Å². The highest BCUT2D eigenvalue weighted by molar-refractivity contribution is 9.10. The lowest BCUT2D eigenvalue weighted by molar-refractivity contribution is 0.578. The third-order valence-electron chi connectivity index (χ3n) is 2.14. The normalized spacial score (nSPS) is 11.5. The van der Waals surface area contributed by atoms with Crippen LogP contribution >= 0.6 is 15.9 Å². The van der Waals surface area contributed by atoms with Crippen molar-refractivity contribution in [3.05, 3.63) is 28.5 Å². The lowest BCUT2D eigenvalue weighted by atomic mass is 10.3. The number of rotatable bonds is 3. The summed E-state index contributed by atoms with van der Waals surface area (Å²) in [6.07, 6.45) is 1.58. The minimum absolute atomic E-state index is 0.0510. The summed E-state index contributed by atoms with van der Waals surface area (Å²) < 4.78 is 27.9. The molecule has 0 bridgehead atoms. The Balaban J connectivity index is 2.36. The molecule has 0 fully saturated rings. The Hall–Kier alpha value is -1.48. The van der Waals surface area contributed by atoms with Gasteiger partial charge in [0.2, 0.25) is 5.03 Å². The maximum Gasteiger partial charge on any atom is 0.283 e. The highest BCUT2D eigenvalue weighted by Crippen LogP contribution is 2.20. The minimum Gasteiger partial charge on any atom is -0.262 e. The smallest absolute Gasteiger partial charge is 0.262 e. The molecule has 0 aliphatic carbocycles. The summed E-state index contributed by atoms with van der Waals surface area (Å²) in [5.74, 6) is 0.244. The van der Waals surface area contributed by atoms with Gasteiger partial charge in [-0.1, -0.05) is 11.3 Å². The maximum absolute atomic E-state index is 12.1. The van der Waals surface area contributed by atoms with Gasteiger partial charge in [0, 0.05) is 13.2 Å². The van der Waals surface area contributed by atoms with Crippen LogP contribution in [-0.4, -0.2) is 28.4 Å². The van der Waals surface area contributed by atoms with E-state index in [1.54, 1.807) is 18.3 Å². The van der Waals surface area contributed by atoms with Crippen LogP contribution in [0, 0.1) is 6.92 Å². The molecule has 0 aliphatic heterocycles. The second-order valence-corrected chi connectivity index (χ2v) is 5.98. The largest absolute Gasteiger partial charge is 0.283 e. The van der Waals surface area contributed by atoms with Gasteiger partial charge < -0.3 is 0 Å². The van der Waals surface area contributed by atoms with Crippen molar-refractivity contribution in [2.24, 2.45) is 7.05 Å². The Bertz CT molecular complexity index is 645. The number of nitrogens with zero attached hydrogens (tertiary/aromatic N) is 4. The van der Waals surface area contributed by atoms with E-state index in [4.69, 9.17) is 0 Å². The lowest BCUT2D eigenvalue weighted by Gasteiger charge is -2.07. The van der Waals surface area contributed by atoms with Crippen molar-refractivity contribution in [2.45, 2.75) is 11.9 Å². The van der Waals surface area contributed by atoms with Crippen molar-refractivity contribution in [1.82, 2.24) is 20.0 Å². The first kappa shape index (κ1) is 13.0. The molecule has 1 N–H and O–H groups in total. The number of aromatic nitrogens is 4. The fourth-order valence-electron chi connectivity index (χ4n) is 1.32. The average molecular weight is 332 g/mol. The summed E-state index contributed by atoms with van der Waals surface area (Å²) in [5, 5.41) is 7.20. The summed E-state index contributed by atoms with van der Waals surface area (Å²) in [6.45, 7) is 1.87. The first-order chi connectivity index (χ1) is 8.40. The molecule has 2 aromatic heterocycles. The zero-order valence-electron chi connectivity index (χ0n) is 9.62. The fourth-order valence-corrected chi connectivity index (χ4v) is 3.43. The van der Waals surface area contributed by atoms with Gasteiger partial charge >= 0.3 is 0 Å². The second kappa shape index (κ2) is 4.65. The predicted molar refractivity (Wildman–Crippen MR) is 68.5 cm³/mol. The number of aryl methyl sites for hydroxylation is 2. The van der Waals surface area contributed by atoms with E-state index in [2.05, 4.69) is 35.9 Å². The SMILES string of the molecule is Cc1ccc(NS(=O)(=O)c2c(Br)nnn2C)nc1. The molecule has 0 radical (unpaired) electrons. The van der Waals surface area contributed by atoms with Crippen LogP contribution < -0.4 is 4.72 Å². The molecule has 0 amide bonds. The quantitative estimate of drug-likeness (QED) is 0.908. The highest BCUT2D eigenvalue weighted by atomic mass is 79.9. The van der Waals surface area contributed by atoms with Crippen LogP contribution in [0.5, 0.6) is 0 Å². The summed E-state index contributed by atoms with van der Waals surface area (Å²) >= 11 is 3.04. The molecule has 2 heterocycles. The highest BCUT2D eigenvalue weighted by Gasteiger charge is 2.24. The Kier molecular flexibility index (Phi) is 3.35. The molecule has 0 spiro atoms. The van der Waals surface area contributed by atoms with Crippen molar-refractivity contribution in [2.75, 3.05) is 4.72 Å². The molecule has 2 rings (SSSR count). The number of hydrogen-bond donors (Lipinski definition) is 1. The molecule has 0 saturated heterocycles. The fraction of sp³-hybridized carbons (Fsp3) is 0.222. The van der Waals surface area contributed by atoms with Gasteiger partial charge in [0.05, 0.1) is 0 Å². The van der Waals surface area contributed by atoms with Gasteiger partial charge in [-0.25, -0.2) is 9.67 Å². The molecule has 0 aromatic carbocycles. The van der Waals surface area contributed by atoms with Crippen LogP contribution in [0.3, 0.4) is 0 Å². The zero-order valence-corrected chi connectivity index (χ0v) is 12.0. The monoisotopic (exact) mass is 331 g/mol. The van der Waals surface area contributed by atoms with Crippen LogP contribution in [0.2, 0.25) is 0 Å². The third-order valence-corrected chi connectivity index (χ3v) is 4.38. The molecule has 0 atom stereocenters. The van der Waals surface area contributed by atoms with Gasteiger partial charge in [-0.05, 0) is 34.5 Å². The zero-order chi connectivity index (χ0) is 13.3. The molecule has 2 aromatic rings. The van der Waals surface area contributed by atoms with E-state index >= 15 is 0 Å². The molecule has 0 saturated carbocycles. The number of sulfonamides is 1. The van der Waals surface area contributed by atoms with Crippen molar-refractivity contribution in [3.8, 4) is 0 Å². The molecule has 0 unspecified atom stereocenters. The first-order valence-corrected chi connectivity index (χ1v) is 7.18. The van der Waals surface area contributed by atoms with Crippen molar-refractivity contribution < 1.29 is 8.42 Å². The summed E-state index contributed by atoms with van der Waals surface area (Å²) in [5.41, 5.74) is 0.946. The topological polar surface area (TPSA) is 89.8 Å². The van der Waals surface area contributed by atoms with Crippen LogP contribution in [0.4, 0.5) is 5.82 Å². The molecular weight excluding hydrogens is 322 g/mol. The number of hydrogen-bond acceptors (Lipinski definition) is 5. The standard InChI is InChI=1S/C9H10BrN5O2S/c1-6-3-4-7(11-5-6)13-18(16,17)9-8(10)12-14-15(9)2/h3-5H,1-2H3,(H,11,13). The number of nitrogens with one attached hydrogen (secondary N) is 1. The van der Waals surface area contributed by atoms with E-state index in [-0.39, 0.29) is 15.4 Å². The second-order valence-electron chi connectivity index (χ2n) is 3.64. The molecule has 9 heteroatoms. The lowest BCUT2D eigenvalue weighted by Crippen LogP contribution is -2.17. The first-order valence-electron chi connectivity index (χ1n) is 4.91. The maximum atomic E-state index is 12.1. The van der Waals surface area contributed by atoms with Gasteiger partial charge in [0.25, 0.3) is 10.0 Å². The minimum atomic E-state index is -3.77. The van der Waals surface area contributed by atoms with Crippen LogP contribution in [0.1, 0.15) is 5.56 Å². The Labute approximate surface area is 112 Å². The van der Waals surface area contributed by atoms with E-state index in [9.17, 15) is 8.42 Å². The van der Waals surface area contributed by atoms with Gasteiger partial charge in [-0.3, -0.25) is 4.72 Å². The van der Waals surface area contributed by atoms with Crippen molar-refractivity contribution in [1.29, 1.82) is 0 Å². The van der Waals surface area contributed by atoms with Crippen LogP contribution in [-0.2, 0) is 17.1 Å². The Morgan fingerprint density at radius 1 is 1.39 bits per heavy atom. The molecule has 96 valence electrons. The van der Waals surface area contributed by atoms with Crippen molar-refractivity contribution in [3.63, 3.8) is 0 Å². The Morgan fingerprint density at radius 2 is 2.11 bits per heavy atom. The predicted octanol–water partition coefficient (Wildman–Crippen LogP) is 1.08. The average Bonchev–Trinajstić information content (AvgIpc) is 2.62.